The average Bonchev–Trinajstić information content (AvgIpc) is 2.48. The molecule has 0 amide bonds. The maximum atomic E-state index is 11.7. The Balaban J connectivity index is 2.60. The molecule has 2 rings (SSSR count). The first-order valence-corrected chi connectivity index (χ1v) is 7.46. The second kappa shape index (κ2) is 6.69. The smallest absolute Gasteiger partial charge is 0.227 e. The molecule has 0 unspecified atom stereocenters. The average molecular weight is 299 g/mol. The van der Waals surface area contributed by atoms with Crippen molar-refractivity contribution in [3.63, 3.8) is 0 Å². The molecule has 4 heteroatoms. The zero-order valence-electron chi connectivity index (χ0n) is 13.1. The van der Waals surface area contributed by atoms with Crippen LogP contribution in [0.4, 0.5) is 0 Å². The maximum Gasteiger partial charge on any atom is 0.227 e. The minimum absolute atomic E-state index is 0.140. The van der Waals surface area contributed by atoms with E-state index in [2.05, 4.69) is 0 Å². The van der Waals surface area contributed by atoms with Crippen LogP contribution in [0, 0.1) is 22.0 Å². The van der Waals surface area contributed by atoms with Crippen molar-refractivity contribution in [1.29, 1.82) is 0 Å². The lowest BCUT2D eigenvalue weighted by atomic mass is 9.69. The summed E-state index contributed by atoms with van der Waals surface area (Å²) in [7, 11) is 0. The van der Waals surface area contributed by atoms with E-state index in [0.717, 1.165) is 17.4 Å². The maximum absolute atomic E-state index is 11.7. The Hall–Kier alpha value is -2.23. The summed E-state index contributed by atoms with van der Waals surface area (Å²) in [4.78, 5) is 22.8. The number of allylic oxidation sites excluding steroid dienone is 3. The predicted molar refractivity (Wildman–Crippen MR) is 86.2 cm³/mol. The molecule has 0 aromatic heterocycles. The van der Waals surface area contributed by atoms with E-state index < -0.39 is 6.04 Å². The van der Waals surface area contributed by atoms with Gasteiger partial charge in [0, 0.05) is 10.8 Å². The lowest BCUT2D eigenvalue weighted by Gasteiger charge is -2.34. The van der Waals surface area contributed by atoms with Crippen molar-refractivity contribution in [2.75, 3.05) is 0 Å². The summed E-state index contributed by atoms with van der Waals surface area (Å²) in [6.45, 7) is 5.70. The summed E-state index contributed by atoms with van der Waals surface area (Å²) in [5.74, 6) is -0.788. The number of hydrogen-bond donors (Lipinski definition) is 0. The van der Waals surface area contributed by atoms with E-state index in [1.807, 2.05) is 56.3 Å². The highest BCUT2D eigenvalue weighted by molar-refractivity contribution is 5.75. The number of benzene rings is 1. The van der Waals surface area contributed by atoms with E-state index in [4.69, 9.17) is 0 Å². The van der Waals surface area contributed by atoms with E-state index in [9.17, 15) is 14.9 Å². The Morgan fingerprint density at radius 2 is 1.86 bits per heavy atom. The standard InChI is InChI=1S/C18H21NO3/c1-12(2)9-15-10-16(11-20)13(3)18(19(21)22)17(15)14-7-5-4-6-8-14/h4-11,13,15,17-18H,1-3H3/t13-,15+,17-,18+/m1/s1. The van der Waals surface area contributed by atoms with Gasteiger partial charge >= 0.3 is 0 Å². The van der Waals surface area contributed by atoms with Crippen molar-refractivity contribution >= 4 is 6.29 Å². The molecular formula is C18H21NO3. The molecular weight excluding hydrogens is 278 g/mol. The number of hydrogen-bond acceptors (Lipinski definition) is 3. The molecule has 1 aliphatic rings. The van der Waals surface area contributed by atoms with Crippen molar-refractivity contribution in [2.24, 2.45) is 11.8 Å². The van der Waals surface area contributed by atoms with Gasteiger partial charge in [0.1, 0.15) is 6.29 Å². The third kappa shape index (κ3) is 3.16. The van der Waals surface area contributed by atoms with Crippen LogP contribution in [0.15, 0.2) is 53.6 Å². The summed E-state index contributed by atoms with van der Waals surface area (Å²) in [5, 5.41) is 11.7. The van der Waals surface area contributed by atoms with Crippen molar-refractivity contribution in [3.8, 4) is 0 Å². The van der Waals surface area contributed by atoms with E-state index >= 15 is 0 Å². The van der Waals surface area contributed by atoms with Gasteiger partial charge in [0.05, 0.1) is 11.8 Å². The number of aldehydes is 1. The summed E-state index contributed by atoms with van der Waals surface area (Å²) >= 11 is 0. The second-order valence-electron chi connectivity index (χ2n) is 6.11. The van der Waals surface area contributed by atoms with Crippen LogP contribution in [0.25, 0.3) is 0 Å². The molecule has 0 heterocycles. The molecule has 4 nitrogen and oxygen atoms in total. The Labute approximate surface area is 130 Å². The number of carbonyl (C=O) groups is 1. The third-order valence-electron chi connectivity index (χ3n) is 4.30. The van der Waals surface area contributed by atoms with Crippen LogP contribution in [0.5, 0.6) is 0 Å². The van der Waals surface area contributed by atoms with E-state index in [-0.39, 0.29) is 22.7 Å². The van der Waals surface area contributed by atoms with Gasteiger partial charge in [-0.3, -0.25) is 14.9 Å². The van der Waals surface area contributed by atoms with Crippen LogP contribution in [0.2, 0.25) is 0 Å². The Morgan fingerprint density at radius 3 is 2.36 bits per heavy atom. The molecule has 0 N–H and O–H groups in total. The van der Waals surface area contributed by atoms with Gasteiger partial charge in [-0.1, -0.05) is 55.0 Å². The Kier molecular flexibility index (Phi) is 4.91. The Morgan fingerprint density at radius 1 is 1.23 bits per heavy atom. The molecule has 0 bridgehead atoms. The van der Waals surface area contributed by atoms with Crippen LogP contribution in [0.1, 0.15) is 32.3 Å². The minimum Gasteiger partial charge on any atom is -0.298 e. The third-order valence-corrected chi connectivity index (χ3v) is 4.30. The van der Waals surface area contributed by atoms with Crippen LogP contribution >= 0.6 is 0 Å². The summed E-state index contributed by atoms with van der Waals surface area (Å²) in [5.41, 5.74) is 2.56. The molecule has 0 aliphatic heterocycles. The molecule has 0 spiro atoms. The molecule has 0 saturated carbocycles. The molecule has 1 aromatic rings. The molecule has 1 aliphatic carbocycles. The zero-order valence-corrected chi connectivity index (χ0v) is 13.1. The predicted octanol–water partition coefficient (Wildman–Crippen LogP) is 3.77. The first kappa shape index (κ1) is 16.1. The number of nitrogens with zero attached hydrogens (tertiary/aromatic N) is 1. The number of rotatable bonds is 4. The van der Waals surface area contributed by atoms with Crippen LogP contribution in [-0.4, -0.2) is 17.3 Å². The Bertz CT molecular complexity index is 614. The highest BCUT2D eigenvalue weighted by atomic mass is 16.6. The highest BCUT2D eigenvalue weighted by Gasteiger charge is 2.45. The van der Waals surface area contributed by atoms with Gasteiger partial charge in [-0.05, 0) is 25.0 Å². The van der Waals surface area contributed by atoms with Crippen molar-refractivity contribution in [1.82, 2.24) is 0 Å². The first-order valence-electron chi connectivity index (χ1n) is 7.46. The van der Waals surface area contributed by atoms with E-state index in [1.54, 1.807) is 6.92 Å². The molecule has 0 saturated heterocycles. The van der Waals surface area contributed by atoms with Crippen LogP contribution in [0.3, 0.4) is 0 Å². The highest BCUT2D eigenvalue weighted by Crippen LogP contribution is 2.41. The SMILES string of the molecule is CC(C)=C[C@H]1C=C(C=O)[C@@H](C)[C@H]([N+](=O)[O-])[C@@H]1c1ccccc1. The fraction of sp³-hybridized carbons (Fsp3) is 0.389. The normalized spacial score (nSPS) is 27.7. The van der Waals surface area contributed by atoms with E-state index in [1.165, 1.54) is 0 Å². The van der Waals surface area contributed by atoms with Gasteiger partial charge in [0.2, 0.25) is 6.04 Å². The van der Waals surface area contributed by atoms with Gasteiger partial charge in [-0.2, -0.15) is 0 Å². The van der Waals surface area contributed by atoms with Gasteiger partial charge in [-0.15, -0.1) is 0 Å². The number of nitro groups is 1. The minimum atomic E-state index is -0.798. The van der Waals surface area contributed by atoms with Crippen molar-refractivity contribution in [2.45, 2.75) is 32.7 Å². The lowest BCUT2D eigenvalue weighted by Crippen LogP contribution is -2.41. The molecule has 0 fully saturated rings. The molecule has 116 valence electrons. The molecule has 0 radical (unpaired) electrons. The summed E-state index contributed by atoms with van der Waals surface area (Å²) in [6.07, 6.45) is 4.67. The molecule has 22 heavy (non-hydrogen) atoms. The number of carbonyl (C=O) groups excluding carboxylic acids is 1. The van der Waals surface area contributed by atoms with Crippen LogP contribution < -0.4 is 0 Å². The zero-order chi connectivity index (χ0) is 16.3. The van der Waals surface area contributed by atoms with Gasteiger partial charge in [0.15, 0.2) is 0 Å². The van der Waals surface area contributed by atoms with Crippen LogP contribution in [-0.2, 0) is 4.79 Å². The largest absolute Gasteiger partial charge is 0.298 e. The van der Waals surface area contributed by atoms with Crippen molar-refractivity contribution in [3.05, 3.63) is 69.3 Å². The fourth-order valence-corrected chi connectivity index (χ4v) is 3.31. The molecule has 4 atom stereocenters. The summed E-state index contributed by atoms with van der Waals surface area (Å²) < 4.78 is 0. The lowest BCUT2D eigenvalue weighted by molar-refractivity contribution is -0.535. The monoisotopic (exact) mass is 299 g/mol. The quantitative estimate of drug-likeness (QED) is 0.368. The fourth-order valence-electron chi connectivity index (χ4n) is 3.31. The van der Waals surface area contributed by atoms with Gasteiger partial charge < -0.3 is 0 Å². The topological polar surface area (TPSA) is 60.2 Å². The van der Waals surface area contributed by atoms with Crippen molar-refractivity contribution < 1.29 is 9.72 Å². The van der Waals surface area contributed by atoms with Gasteiger partial charge in [0.25, 0.3) is 0 Å². The van der Waals surface area contributed by atoms with Gasteiger partial charge in [-0.25, -0.2) is 0 Å². The molecule has 1 aromatic carbocycles. The first-order chi connectivity index (χ1) is 10.5. The van der Waals surface area contributed by atoms with E-state index in [0.29, 0.717) is 5.57 Å². The second-order valence-corrected chi connectivity index (χ2v) is 6.11. The summed E-state index contributed by atoms with van der Waals surface area (Å²) in [6, 6.07) is 8.76.